The first-order chi connectivity index (χ1) is 20.8. The smallest absolute Gasteiger partial charge is 0.229 e. The van der Waals surface area contributed by atoms with Crippen LogP contribution in [0, 0.1) is 6.92 Å². The summed E-state index contributed by atoms with van der Waals surface area (Å²) in [6.07, 6.45) is -0.382. The molecule has 1 aliphatic heterocycles. The first-order valence-electron chi connectivity index (χ1n) is 15.8. The van der Waals surface area contributed by atoms with E-state index in [-0.39, 0.29) is 44.7 Å². The van der Waals surface area contributed by atoms with Crippen molar-refractivity contribution in [2.75, 3.05) is 23.7 Å². The SMILES string of the molecule is [2H]C([2H])([2H])C([2H])(Oc1cc(C2CCNCC2)c(C)cc1Nc1ncc(Cl)c(Nc2ccccc2S(=O)(=O)C(C)C)n1)C([2H])([2H])[2H]. The summed E-state index contributed by atoms with van der Waals surface area (Å²) in [5, 5.41) is 8.63. The van der Waals surface area contributed by atoms with Crippen molar-refractivity contribution in [1.29, 1.82) is 0 Å². The van der Waals surface area contributed by atoms with Crippen molar-refractivity contribution in [1.82, 2.24) is 15.3 Å². The molecule has 0 bridgehead atoms. The number of benzene rings is 2. The molecule has 0 unspecified atom stereocenters. The quantitative estimate of drug-likeness (QED) is 0.275. The van der Waals surface area contributed by atoms with E-state index in [2.05, 4.69) is 25.9 Å². The Hall–Kier alpha value is -2.88. The van der Waals surface area contributed by atoms with Crippen molar-refractivity contribution < 1.29 is 22.7 Å². The van der Waals surface area contributed by atoms with Gasteiger partial charge in [-0.3, -0.25) is 0 Å². The molecular weight excluding hydrogens is 522 g/mol. The number of para-hydroxylation sites is 1. The molecule has 4 rings (SSSR count). The molecule has 0 radical (unpaired) electrons. The Balaban J connectivity index is 1.77. The third-order valence-corrected chi connectivity index (χ3v) is 8.90. The topological polar surface area (TPSA) is 105 Å². The van der Waals surface area contributed by atoms with Gasteiger partial charge in [-0.05, 0) is 102 Å². The summed E-state index contributed by atoms with van der Waals surface area (Å²) >= 11 is 6.38. The van der Waals surface area contributed by atoms with Crippen molar-refractivity contribution in [2.24, 2.45) is 0 Å². The minimum Gasteiger partial charge on any atom is -0.489 e. The van der Waals surface area contributed by atoms with Crippen LogP contribution >= 0.6 is 11.6 Å². The lowest BCUT2D eigenvalue weighted by Gasteiger charge is -2.26. The van der Waals surface area contributed by atoms with Crippen LogP contribution in [0.5, 0.6) is 5.75 Å². The molecule has 0 aliphatic carbocycles. The van der Waals surface area contributed by atoms with Gasteiger partial charge in [-0.15, -0.1) is 0 Å². The fraction of sp³-hybridized carbons (Fsp3) is 0.429. The van der Waals surface area contributed by atoms with Crippen LogP contribution in [0.25, 0.3) is 0 Å². The minimum atomic E-state index is -3.66. The average molecular weight is 565 g/mol. The maximum Gasteiger partial charge on any atom is 0.229 e. The molecule has 0 atom stereocenters. The second-order valence-electron chi connectivity index (χ2n) is 9.39. The summed E-state index contributed by atoms with van der Waals surface area (Å²) in [6.45, 7) is -0.0659. The number of piperidine rings is 1. The molecule has 1 saturated heterocycles. The molecule has 10 heteroatoms. The van der Waals surface area contributed by atoms with Crippen LogP contribution in [0.2, 0.25) is 5.02 Å². The van der Waals surface area contributed by atoms with Crippen LogP contribution in [-0.4, -0.2) is 42.8 Å². The highest BCUT2D eigenvalue weighted by molar-refractivity contribution is 7.92. The molecule has 1 aromatic heterocycles. The van der Waals surface area contributed by atoms with E-state index < -0.39 is 34.9 Å². The zero-order valence-corrected chi connectivity index (χ0v) is 23.0. The predicted molar refractivity (Wildman–Crippen MR) is 154 cm³/mol. The molecule has 38 heavy (non-hydrogen) atoms. The fourth-order valence-corrected chi connectivity index (χ4v) is 5.74. The number of anilines is 4. The third kappa shape index (κ3) is 6.39. The maximum atomic E-state index is 13.0. The van der Waals surface area contributed by atoms with Crippen LogP contribution in [0.15, 0.2) is 47.5 Å². The minimum absolute atomic E-state index is 0.0386. The molecule has 0 amide bonds. The van der Waals surface area contributed by atoms with E-state index in [1.54, 1.807) is 44.2 Å². The van der Waals surface area contributed by atoms with E-state index in [0.29, 0.717) is 0 Å². The normalized spacial score (nSPS) is 18.3. The first-order valence-corrected chi connectivity index (χ1v) is 14.2. The van der Waals surface area contributed by atoms with Crippen molar-refractivity contribution in [2.45, 2.75) is 69.5 Å². The van der Waals surface area contributed by atoms with E-state index >= 15 is 0 Å². The van der Waals surface area contributed by atoms with Gasteiger partial charge in [-0.1, -0.05) is 23.7 Å². The fourth-order valence-electron chi connectivity index (χ4n) is 4.40. The molecular formula is C28H36ClN5O3S. The molecule has 0 spiro atoms. The number of halogens is 1. The van der Waals surface area contributed by atoms with Crippen LogP contribution in [0.3, 0.4) is 0 Å². The number of nitrogens with one attached hydrogen (secondary N) is 3. The Labute approximate surface area is 240 Å². The monoisotopic (exact) mass is 564 g/mol. The van der Waals surface area contributed by atoms with E-state index in [4.69, 9.17) is 25.9 Å². The second-order valence-corrected chi connectivity index (χ2v) is 12.3. The maximum absolute atomic E-state index is 13.0. The Kier molecular flexibility index (Phi) is 6.28. The zero-order valence-electron chi connectivity index (χ0n) is 28.4. The van der Waals surface area contributed by atoms with Crippen molar-refractivity contribution in [3.63, 3.8) is 0 Å². The lowest BCUT2D eigenvalue weighted by atomic mass is 9.87. The molecule has 204 valence electrons. The van der Waals surface area contributed by atoms with Crippen molar-refractivity contribution in [3.05, 3.63) is 58.7 Å². The van der Waals surface area contributed by atoms with Gasteiger partial charge in [-0.2, -0.15) is 4.98 Å². The van der Waals surface area contributed by atoms with Gasteiger partial charge in [0, 0.05) is 8.22 Å². The number of ether oxygens (including phenoxy) is 1. The summed E-state index contributed by atoms with van der Waals surface area (Å²) in [7, 11) is -3.66. The largest absolute Gasteiger partial charge is 0.489 e. The Morgan fingerprint density at radius 2 is 1.89 bits per heavy atom. The summed E-state index contributed by atoms with van der Waals surface area (Å²) in [4.78, 5) is 8.68. The number of hydrogen-bond acceptors (Lipinski definition) is 8. The van der Waals surface area contributed by atoms with E-state index in [9.17, 15) is 8.42 Å². The second kappa shape index (κ2) is 11.9. The molecule has 2 aromatic carbocycles. The molecule has 1 aliphatic rings. The number of sulfone groups is 1. The zero-order chi connectivity index (χ0) is 33.4. The van der Waals surface area contributed by atoms with Crippen LogP contribution < -0.4 is 20.7 Å². The standard InChI is InChI=1S/C28H36ClN5O3S/c1-17(2)37-25-15-21(20-10-12-30-13-11-20)19(5)14-24(25)33-28-31-16-22(29)27(34-28)32-23-8-6-7-9-26(23)38(35,36)18(3)4/h6-9,14-18,20,30H,10-13H2,1-5H3,(H2,31,32,33,34)/i1D3,2D3,17D. The van der Waals surface area contributed by atoms with Gasteiger partial charge in [0.25, 0.3) is 0 Å². The molecule has 2 heterocycles. The highest BCUT2D eigenvalue weighted by atomic mass is 35.5. The van der Waals surface area contributed by atoms with E-state index in [1.807, 2.05) is 6.92 Å². The molecule has 3 N–H and O–H groups in total. The molecule has 3 aromatic rings. The van der Waals surface area contributed by atoms with Crippen LogP contribution in [0.1, 0.15) is 67.0 Å². The summed E-state index contributed by atoms with van der Waals surface area (Å²) in [6, 6.07) is 9.57. The van der Waals surface area contributed by atoms with Gasteiger partial charge < -0.3 is 20.7 Å². The van der Waals surface area contributed by atoms with Crippen molar-refractivity contribution in [3.8, 4) is 5.75 Å². The summed E-state index contributed by atoms with van der Waals surface area (Å²) < 4.78 is 87.3. The summed E-state index contributed by atoms with van der Waals surface area (Å²) in [5.74, 6) is -0.0277. The van der Waals surface area contributed by atoms with Gasteiger partial charge in [0.2, 0.25) is 5.95 Å². The van der Waals surface area contributed by atoms with Gasteiger partial charge in [0.05, 0.1) is 35.2 Å². The van der Waals surface area contributed by atoms with Crippen LogP contribution in [0.4, 0.5) is 23.1 Å². The Morgan fingerprint density at radius 1 is 1.16 bits per heavy atom. The number of hydrogen-bond donors (Lipinski definition) is 3. The van der Waals surface area contributed by atoms with Crippen LogP contribution in [-0.2, 0) is 9.84 Å². The predicted octanol–water partition coefficient (Wildman–Crippen LogP) is 6.36. The van der Waals surface area contributed by atoms with Crippen molar-refractivity contribution >= 4 is 44.6 Å². The molecule has 0 saturated carbocycles. The number of aryl methyl sites for hydroxylation is 1. The number of aromatic nitrogens is 2. The number of nitrogens with zero attached hydrogens (tertiary/aromatic N) is 2. The summed E-state index contributed by atoms with van der Waals surface area (Å²) in [5.41, 5.74) is 2.05. The van der Waals surface area contributed by atoms with E-state index in [1.165, 1.54) is 12.3 Å². The molecule has 8 nitrogen and oxygen atoms in total. The Bertz CT molecular complexity index is 1630. The Morgan fingerprint density at radius 3 is 2.61 bits per heavy atom. The lowest BCUT2D eigenvalue weighted by molar-refractivity contribution is 0.243. The van der Waals surface area contributed by atoms with Gasteiger partial charge in [0.1, 0.15) is 10.8 Å². The highest BCUT2D eigenvalue weighted by Gasteiger charge is 2.24. The van der Waals surface area contributed by atoms with Gasteiger partial charge in [-0.25, -0.2) is 13.4 Å². The number of rotatable bonds is 9. The van der Waals surface area contributed by atoms with Gasteiger partial charge >= 0.3 is 0 Å². The molecule has 1 fully saturated rings. The highest BCUT2D eigenvalue weighted by Crippen LogP contribution is 2.37. The first kappa shape index (κ1) is 20.1. The van der Waals surface area contributed by atoms with Gasteiger partial charge in [0.15, 0.2) is 15.7 Å². The lowest BCUT2D eigenvalue weighted by Crippen LogP contribution is -2.27. The average Bonchev–Trinajstić information content (AvgIpc) is 2.95. The third-order valence-electron chi connectivity index (χ3n) is 6.42. The van der Waals surface area contributed by atoms with E-state index in [0.717, 1.165) is 37.1 Å².